The summed E-state index contributed by atoms with van der Waals surface area (Å²) < 4.78 is 104. The van der Waals surface area contributed by atoms with Crippen LogP contribution in [0.5, 0.6) is 0 Å². The first-order valence-electron chi connectivity index (χ1n) is 36.8. The molecular formula is C85H86Ir2N6. The summed E-state index contributed by atoms with van der Waals surface area (Å²) in [6, 6.07) is 73.7. The van der Waals surface area contributed by atoms with Crippen LogP contribution in [0.1, 0.15) is 127 Å². The molecule has 6 nitrogen and oxygen atoms in total. The molecule has 93 heavy (non-hydrogen) atoms. The molecule has 0 atom stereocenters. The SMILES string of the molecule is CC(C)(C)c1ccnc(-c2[c-]cccc2)c1.[2H]C([2H])([2H])c1c[c-]c(-c2ccc(C)cn2)cc1.[2H]C([2H])([2H])c1c[c-]c(-c2ccc(C)cn2)cc1.[2H]C([2H])([2H])c1ccc(-c2[c-]cc(C)c(C)c2)nc1.[2H]C([2H])([2H])c1ccc(-c2[c-]cc(C)c(C)c2)nc1.[2H]C([2H])(c1ccnc(-c2[c-]cccc2)c1)C(C)(C)C.[Ir+3].[Ir+3]. The van der Waals surface area contributed by atoms with Gasteiger partial charge in [0.05, 0.1) is 0 Å². The van der Waals surface area contributed by atoms with Crippen LogP contribution in [0.3, 0.4) is 0 Å². The van der Waals surface area contributed by atoms with Gasteiger partial charge in [-0.15, -0.1) is 212 Å². The van der Waals surface area contributed by atoms with E-state index in [-0.39, 0.29) is 56.8 Å². The second-order valence-corrected chi connectivity index (χ2v) is 23.8. The van der Waals surface area contributed by atoms with Gasteiger partial charge in [0.1, 0.15) is 0 Å². The van der Waals surface area contributed by atoms with E-state index in [4.69, 9.17) is 19.2 Å². The molecule has 0 fully saturated rings. The molecule has 0 aliphatic carbocycles. The molecule has 0 saturated heterocycles. The van der Waals surface area contributed by atoms with E-state index in [9.17, 15) is 0 Å². The maximum absolute atomic E-state index is 8.31. The van der Waals surface area contributed by atoms with E-state index in [2.05, 4.69) is 99.2 Å². The van der Waals surface area contributed by atoms with Crippen molar-refractivity contribution in [2.24, 2.45) is 5.41 Å². The van der Waals surface area contributed by atoms with Crippen molar-refractivity contribution in [2.45, 2.75) is 122 Å². The van der Waals surface area contributed by atoms with Gasteiger partial charge in [-0.05, 0) is 119 Å². The van der Waals surface area contributed by atoms with Crippen LogP contribution in [0.4, 0.5) is 0 Å². The van der Waals surface area contributed by atoms with Crippen LogP contribution in [0.2, 0.25) is 0 Å². The van der Waals surface area contributed by atoms with E-state index in [1.165, 1.54) is 52.3 Å². The number of pyridine rings is 6. The second-order valence-electron chi connectivity index (χ2n) is 23.8. The molecule has 8 heteroatoms. The van der Waals surface area contributed by atoms with E-state index < -0.39 is 39.2 Å². The molecule has 0 saturated carbocycles. The van der Waals surface area contributed by atoms with Crippen molar-refractivity contribution in [2.75, 3.05) is 0 Å². The summed E-state index contributed by atoms with van der Waals surface area (Å²) in [5, 5.41) is 0. The predicted octanol–water partition coefficient (Wildman–Crippen LogP) is 21.3. The minimum Gasteiger partial charge on any atom is -0.305 e. The van der Waals surface area contributed by atoms with Crippen molar-refractivity contribution in [1.29, 1.82) is 0 Å². The summed E-state index contributed by atoms with van der Waals surface area (Å²) in [5.41, 5.74) is 19.8. The normalized spacial score (nSPS) is 13.4. The monoisotopic (exact) mass is 1590 g/mol. The van der Waals surface area contributed by atoms with Gasteiger partial charge in [-0.25, -0.2) is 0 Å². The molecule has 0 amide bonds. The molecule has 12 aromatic rings. The van der Waals surface area contributed by atoms with Crippen molar-refractivity contribution in [1.82, 2.24) is 29.9 Å². The molecule has 0 bridgehead atoms. The van der Waals surface area contributed by atoms with E-state index in [0.717, 1.165) is 78.7 Å². The van der Waals surface area contributed by atoms with Crippen LogP contribution in [0, 0.1) is 111 Å². The standard InChI is InChI=1S/C16H18N.C15H16N.2C14H14N.2C13H12N.2Ir/c1-16(2,3)12-13-9-10-17-15(11-13)14-7-5-4-6-8-14;1-15(2,3)13-9-10-16-14(11-13)12-7-5-4-6-8-12;2*1-10-4-7-14(15-9-10)13-6-5-11(2)12(3)8-13;2*1-10-3-6-12(7-4-10)13-8-5-11(2)9-14-13;;/h4-7,9-11H,12H2,1-3H3;4-7,9-11H,1-3H3;2*4-5,7-9H,1-3H3;2*3-6,8-9H,1-2H3;;/q6*-1;2*+3/i12D2;;4*1D3;;. The van der Waals surface area contributed by atoms with E-state index >= 15 is 0 Å². The van der Waals surface area contributed by atoms with Gasteiger partial charge in [-0.3, -0.25) is 0 Å². The Balaban J connectivity index is 0.000000230. The number of benzene rings is 6. The largest absolute Gasteiger partial charge is 3.00 e. The number of aryl methyl sites for hydroxylation is 10. The van der Waals surface area contributed by atoms with Crippen LogP contribution >= 0.6 is 0 Å². The van der Waals surface area contributed by atoms with Gasteiger partial charge in [0, 0.05) is 56.4 Å². The van der Waals surface area contributed by atoms with Crippen LogP contribution in [0.25, 0.3) is 67.5 Å². The molecule has 0 spiro atoms. The summed E-state index contributed by atoms with van der Waals surface area (Å²) in [5.74, 6) is 0. The number of hydrogen-bond donors (Lipinski definition) is 0. The zero-order chi connectivity index (χ0) is 77.3. The van der Waals surface area contributed by atoms with Gasteiger partial charge >= 0.3 is 40.2 Å². The smallest absolute Gasteiger partial charge is 0.305 e. The van der Waals surface area contributed by atoms with E-state index in [0.29, 0.717) is 16.7 Å². The minimum absolute atomic E-state index is 0. The number of nitrogens with zero attached hydrogens (tertiary/aromatic N) is 6. The Labute approximate surface area is 603 Å². The van der Waals surface area contributed by atoms with Gasteiger partial charge in [0.25, 0.3) is 0 Å². The maximum Gasteiger partial charge on any atom is 3.00 e. The third-order valence-corrected chi connectivity index (χ3v) is 13.8. The third-order valence-electron chi connectivity index (χ3n) is 13.8. The Kier molecular flexibility index (Phi) is 22.1. The molecule has 0 aliphatic heterocycles. The summed E-state index contributed by atoms with van der Waals surface area (Å²) in [6.07, 6.45) is 8.50. The number of aromatic nitrogens is 6. The Morgan fingerprint density at radius 3 is 1.06 bits per heavy atom. The fourth-order valence-electron chi connectivity index (χ4n) is 8.41. The van der Waals surface area contributed by atoms with Gasteiger partial charge < -0.3 is 29.9 Å². The quantitative estimate of drug-likeness (QED) is 0.148. The van der Waals surface area contributed by atoms with Crippen LogP contribution in [0.15, 0.2) is 219 Å². The van der Waals surface area contributed by atoms with Crippen molar-refractivity contribution < 1.29 is 59.4 Å². The van der Waals surface area contributed by atoms with E-state index in [1.807, 2.05) is 172 Å². The molecule has 6 heterocycles. The van der Waals surface area contributed by atoms with Crippen molar-refractivity contribution in [3.05, 3.63) is 322 Å². The summed E-state index contributed by atoms with van der Waals surface area (Å²) >= 11 is 0. The zero-order valence-corrected chi connectivity index (χ0v) is 59.4. The fourth-order valence-corrected chi connectivity index (χ4v) is 8.41. The van der Waals surface area contributed by atoms with Gasteiger partial charge in [0.2, 0.25) is 0 Å². The molecule has 6 aromatic carbocycles. The van der Waals surface area contributed by atoms with Crippen LogP contribution < -0.4 is 0 Å². The molecule has 0 unspecified atom stereocenters. The fraction of sp³-hybridized carbons (Fsp3) is 0.224. The summed E-state index contributed by atoms with van der Waals surface area (Å²) in [6.45, 7) is 16.1. The first-order valence-corrected chi connectivity index (χ1v) is 29.8. The molecule has 0 aliphatic rings. The molecule has 0 N–H and O–H groups in total. The zero-order valence-electron chi connectivity index (χ0n) is 68.6. The topological polar surface area (TPSA) is 77.3 Å². The van der Waals surface area contributed by atoms with Crippen molar-refractivity contribution >= 4 is 0 Å². The van der Waals surface area contributed by atoms with Gasteiger partial charge in [0.15, 0.2) is 0 Å². The Bertz CT molecular complexity index is 4510. The Morgan fingerprint density at radius 1 is 0.344 bits per heavy atom. The minimum atomic E-state index is -2.10. The number of rotatable bonds is 7. The molecular weight excluding hydrogens is 1490 g/mol. The van der Waals surface area contributed by atoms with Crippen molar-refractivity contribution in [3.8, 4) is 67.5 Å². The first-order chi connectivity index (χ1) is 49.1. The average Bonchev–Trinajstić information content (AvgIpc) is 0.789. The first kappa shape index (κ1) is 56.1. The summed E-state index contributed by atoms with van der Waals surface area (Å²) in [7, 11) is 0. The van der Waals surface area contributed by atoms with Crippen LogP contribution in [-0.4, -0.2) is 29.9 Å². The number of hydrogen-bond acceptors (Lipinski definition) is 6. The maximum atomic E-state index is 8.31. The second kappa shape index (κ2) is 36.7. The molecule has 6 aromatic heterocycles. The average molecular weight is 1590 g/mol. The van der Waals surface area contributed by atoms with E-state index in [1.54, 1.807) is 73.2 Å². The predicted molar refractivity (Wildman–Crippen MR) is 380 cm³/mol. The van der Waals surface area contributed by atoms with Gasteiger partial charge in [-0.1, -0.05) is 149 Å². The molecule has 0 radical (unpaired) electrons. The molecule has 474 valence electrons. The van der Waals surface area contributed by atoms with Crippen molar-refractivity contribution in [3.63, 3.8) is 0 Å². The van der Waals surface area contributed by atoms with Crippen LogP contribution in [-0.2, 0) is 52.0 Å². The Morgan fingerprint density at radius 2 is 0.720 bits per heavy atom. The van der Waals surface area contributed by atoms with Gasteiger partial charge in [-0.2, -0.15) is 0 Å². The third kappa shape index (κ3) is 25.2. The summed E-state index contributed by atoms with van der Waals surface area (Å²) in [4.78, 5) is 25.6. The Hall–Kier alpha value is -8.48. The molecule has 12 rings (SSSR count).